The summed E-state index contributed by atoms with van der Waals surface area (Å²) in [7, 11) is 0. The van der Waals surface area contributed by atoms with E-state index in [0.717, 1.165) is 6.04 Å². The summed E-state index contributed by atoms with van der Waals surface area (Å²) >= 11 is 0. The lowest BCUT2D eigenvalue weighted by Gasteiger charge is -2.21. The number of hydrogen-bond donors (Lipinski definition) is 2. The lowest BCUT2D eigenvalue weighted by atomic mass is 10.0. The molecule has 2 N–H and O–H groups in total. The van der Waals surface area contributed by atoms with Crippen LogP contribution in [0.1, 0.15) is 44.0 Å². The molecule has 0 aliphatic carbocycles. The van der Waals surface area contributed by atoms with Gasteiger partial charge in [0.05, 0.1) is 0 Å². The molecular weight excluding hydrogens is 184 g/mol. The molecule has 2 heteroatoms. The van der Waals surface area contributed by atoms with Crippen LogP contribution in [0.25, 0.3) is 12.2 Å². The maximum atomic E-state index is 3.68. The van der Waals surface area contributed by atoms with E-state index in [2.05, 4.69) is 36.3 Å². The molecule has 0 saturated carbocycles. The largest absolute Gasteiger partial charge is 0.357 e. The second-order valence-corrected chi connectivity index (χ2v) is 4.62. The van der Waals surface area contributed by atoms with Gasteiger partial charge >= 0.3 is 0 Å². The van der Waals surface area contributed by atoms with E-state index in [1.54, 1.807) is 5.56 Å². The SMILES string of the molecule is C/C=c1/c2c([nH]/c1=C/C)C1CCC(C2)N1. The second-order valence-electron chi connectivity index (χ2n) is 4.62. The van der Waals surface area contributed by atoms with Crippen LogP contribution >= 0.6 is 0 Å². The quantitative estimate of drug-likeness (QED) is 0.644. The lowest BCUT2D eigenvalue weighted by Crippen LogP contribution is -2.34. The molecule has 0 radical (unpaired) electrons. The third-order valence-electron chi connectivity index (χ3n) is 3.83. The van der Waals surface area contributed by atoms with Crippen LogP contribution in [0.4, 0.5) is 0 Å². The van der Waals surface area contributed by atoms with Crippen molar-refractivity contribution in [3.63, 3.8) is 0 Å². The van der Waals surface area contributed by atoms with Crippen molar-refractivity contribution in [3.8, 4) is 0 Å². The van der Waals surface area contributed by atoms with Crippen LogP contribution in [-0.4, -0.2) is 11.0 Å². The number of rotatable bonds is 0. The van der Waals surface area contributed by atoms with E-state index in [0.29, 0.717) is 6.04 Å². The number of nitrogens with one attached hydrogen (secondary N) is 2. The first-order valence-electron chi connectivity index (χ1n) is 5.93. The summed E-state index contributed by atoms with van der Waals surface area (Å²) in [6.45, 7) is 4.25. The van der Waals surface area contributed by atoms with Crippen molar-refractivity contribution >= 4 is 12.2 Å². The Morgan fingerprint density at radius 3 is 2.80 bits per heavy atom. The predicted molar refractivity (Wildman–Crippen MR) is 62.9 cm³/mol. The average molecular weight is 202 g/mol. The first-order chi connectivity index (χ1) is 7.33. The van der Waals surface area contributed by atoms with Crippen LogP contribution in [0.2, 0.25) is 0 Å². The average Bonchev–Trinajstić information content (AvgIpc) is 2.81. The molecule has 3 rings (SSSR count). The van der Waals surface area contributed by atoms with E-state index in [1.807, 2.05) is 0 Å². The fourth-order valence-electron chi connectivity index (χ4n) is 3.12. The topological polar surface area (TPSA) is 27.8 Å². The van der Waals surface area contributed by atoms with Gasteiger partial charge in [0.15, 0.2) is 0 Å². The predicted octanol–water partition coefficient (Wildman–Crippen LogP) is 0.965. The zero-order chi connectivity index (χ0) is 10.4. The minimum atomic E-state index is 0.589. The van der Waals surface area contributed by atoms with Gasteiger partial charge in [-0.15, -0.1) is 0 Å². The Balaban J connectivity index is 2.28. The summed E-state index contributed by atoms with van der Waals surface area (Å²) in [6, 6.07) is 1.31. The van der Waals surface area contributed by atoms with Gasteiger partial charge in [-0.2, -0.15) is 0 Å². The van der Waals surface area contributed by atoms with Crippen LogP contribution < -0.4 is 15.9 Å². The van der Waals surface area contributed by atoms with Gasteiger partial charge < -0.3 is 10.3 Å². The first-order valence-corrected chi connectivity index (χ1v) is 5.93. The zero-order valence-corrected chi connectivity index (χ0v) is 9.43. The first kappa shape index (κ1) is 9.22. The van der Waals surface area contributed by atoms with Crippen molar-refractivity contribution in [1.82, 2.24) is 10.3 Å². The monoisotopic (exact) mass is 202 g/mol. The maximum absolute atomic E-state index is 3.68. The maximum Gasteiger partial charge on any atom is 0.0478 e. The fourth-order valence-corrected chi connectivity index (χ4v) is 3.12. The van der Waals surface area contributed by atoms with Gasteiger partial charge in [0.2, 0.25) is 0 Å². The molecular formula is C13H18N2. The highest BCUT2D eigenvalue weighted by atomic mass is 15.0. The molecule has 1 fully saturated rings. The van der Waals surface area contributed by atoms with Gasteiger partial charge in [0.25, 0.3) is 0 Å². The Morgan fingerprint density at radius 1 is 1.20 bits per heavy atom. The molecule has 3 heterocycles. The molecule has 2 aliphatic rings. The minimum absolute atomic E-state index is 0.589. The van der Waals surface area contributed by atoms with Gasteiger partial charge in [-0.25, -0.2) is 0 Å². The molecule has 80 valence electrons. The van der Waals surface area contributed by atoms with E-state index in [4.69, 9.17) is 0 Å². The Bertz CT molecular complexity index is 495. The molecule has 2 unspecified atom stereocenters. The van der Waals surface area contributed by atoms with Gasteiger partial charge in [-0.05, 0) is 43.9 Å². The lowest BCUT2D eigenvalue weighted by molar-refractivity contribution is 0.508. The van der Waals surface area contributed by atoms with Gasteiger partial charge in [0, 0.05) is 23.1 Å². The highest BCUT2D eigenvalue weighted by Crippen LogP contribution is 2.32. The molecule has 2 atom stereocenters. The summed E-state index contributed by atoms with van der Waals surface area (Å²) in [6.07, 6.45) is 8.26. The normalized spacial score (nSPS) is 31.1. The number of H-pyrrole nitrogens is 1. The molecule has 1 saturated heterocycles. The zero-order valence-electron chi connectivity index (χ0n) is 9.43. The molecule has 1 aromatic rings. The standard InChI is InChI=1S/C13H18N2/c1-3-9-10-7-8-5-6-12(14-8)13(10)15-11(9)4-2/h3-4,8,12,14-15H,5-7H2,1-2H3/b9-3-,11-4+. The van der Waals surface area contributed by atoms with Crippen LogP contribution in [0, 0.1) is 0 Å². The highest BCUT2D eigenvalue weighted by molar-refractivity contribution is 5.39. The van der Waals surface area contributed by atoms with E-state index >= 15 is 0 Å². The highest BCUT2D eigenvalue weighted by Gasteiger charge is 2.33. The van der Waals surface area contributed by atoms with Crippen molar-refractivity contribution in [1.29, 1.82) is 0 Å². The minimum Gasteiger partial charge on any atom is -0.357 e. The van der Waals surface area contributed by atoms with Crippen molar-refractivity contribution in [2.75, 3.05) is 0 Å². The van der Waals surface area contributed by atoms with Gasteiger partial charge in [-0.3, -0.25) is 0 Å². The summed E-state index contributed by atoms with van der Waals surface area (Å²) in [5.74, 6) is 0. The summed E-state index contributed by atoms with van der Waals surface area (Å²) in [5, 5.41) is 6.41. The molecule has 15 heavy (non-hydrogen) atoms. The molecule has 0 spiro atoms. The fraction of sp³-hybridized carbons (Fsp3) is 0.538. The van der Waals surface area contributed by atoms with E-state index < -0.39 is 0 Å². The second kappa shape index (κ2) is 3.24. The number of aromatic nitrogens is 1. The smallest absolute Gasteiger partial charge is 0.0478 e. The van der Waals surface area contributed by atoms with Crippen LogP contribution in [0.15, 0.2) is 0 Å². The Labute approximate surface area is 90.1 Å². The van der Waals surface area contributed by atoms with E-state index in [9.17, 15) is 0 Å². The summed E-state index contributed by atoms with van der Waals surface area (Å²) in [4.78, 5) is 3.58. The van der Waals surface area contributed by atoms with Crippen molar-refractivity contribution in [3.05, 3.63) is 21.8 Å². The number of fused-ring (bicyclic) bond motifs is 4. The van der Waals surface area contributed by atoms with E-state index in [1.165, 1.54) is 35.5 Å². The molecule has 0 aromatic carbocycles. The molecule has 2 aliphatic heterocycles. The molecule has 0 amide bonds. The Kier molecular flexibility index (Phi) is 1.99. The van der Waals surface area contributed by atoms with Gasteiger partial charge in [0.1, 0.15) is 0 Å². The summed E-state index contributed by atoms with van der Waals surface area (Å²) in [5.41, 5.74) is 3.02. The van der Waals surface area contributed by atoms with E-state index in [-0.39, 0.29) is 0 Å². The van der Waals surface area contributed by atoms with Crippen molar-refractivity contribution < 1.29 is 0 Å². The van der Waals surface area contributed by atoms with Crippen LogP contribution in [0.3, 0.4) is 0 Å². The number of hydrogen-bond acceptors (Lipinski definition) is 1. The molecule has 1 aromatic heterocycles. The van der Waals surface area contributed by atoms with Crippen molar-refractivity contribution in [2.45, 2.75) is 45.2 Å². The third-order valence-corrected chi connectivity index (χ3v) is 3.83. The molecule has 2 bridgehead atoms. The third kappa shape index (κ3) is 1.21. The van der Waals surface area contributed by atoms with Gasteiger partial charge in [-0.1, -0.05) is 12.2 Å². The number of aromatic amines is 1. The Morgan fingerprint density at radius 2 is 2.07 bits per heavy atom. The van der Waals surface area contributed by atoms with Crippen LogP contribution in [0.5, 0.6) is 0 Å². The Hall–Kier alpha value is -1.02. The molecule has 2 nitrogen and oxygen atoms in total. The van der Waals surface area contributed by atoms with Crippen LogP contribution in [-0.2, 0) is 6.42 Å². The van der Waals surface area contributed by atoms with Crippen molar-refractivity contribution in [2.24, 2.45) is 0 Å². The summed E-state index contributed by atoms with van der Waals surface area (Å²) < 4.78 is 0.